The van der Waals surface area contributed by atoms with Crippen LogP contribution in [0.25, 0.3) is 0 Å². The fourth-order valence-corrected chi connectivity index (χ4v) is 2.20. The number of H-pyrrole nitrogens is 1. The molecule has 5 nitrogen and oxygen atoms in total. The van der Waals surface area contributed by atoms with E-state index in [4.69, 9.17) is 4.74 Å². The lowest BCUT2D eigenvalue weighted by Gasteiger charge is -2.12. The van der Waals surface area contributed by atoms with E-state index in [0.717, 1.165) is 34.8 Å². The van der Waals surface area contributed by atoms with Gasteiger partial charge in [-0.15, -0.1) is 0 Å². The molecule has 22 heavy (non-hydrogen) atoms. The first-order chi connectivity index (χ1) is 10.8. The minimum absolute atomic E-state index is 0.475. The molecule has 0 saturated carbocycles. The Morgan fingerprint density at radius 1 is 1.18 bits per heavy atom. The van der Waals surface area contributed by atoms with Crippen molar-refractivity contribution in [3.05, 3.63) is 66.2 Å². The summed E-state index contributed by atoms with van der Waals surface area (Å²) in [6.07, 6.45) is 6.24. The van der Waals surface area contributed by atoms with Crippen LogP contribution in [0.2, 0.25) is 0 Å². The third-order valence-electron chi connectivity index (χ3n) is 3.33. The van der Waals surface area contributed by atoms with Crippen molar-refractivity contribution in [2.45, 2.75) is 20.0 Å². The summed E-state index contributed by atoms with van der Waals surface area (Å²) >= 11 is 0. The Labute approximate surface area is 129 Å². The summed E-state index contributed by atoms with van der Waals surface area (Å²) < 4.78 is 5.90. The van der Waals surface area contributed by atoms with Crippen LogP contribution in [0.5, 0.6) is 5.75 Å². The van der Waals surface area contributed by atoms with Crippen molar-refractivity contribution in [2.24, 2.45) is 0 Å². The van der Waals surface area contributed by atoms with Crippen LogP contribution in [0.15, 0.2) is 55.0 Å². The fourth-order valence-electron chi connectivity index (χ4n) is 2.20. The van der Waals surface area contributed by atoms with E-state index < -0.39 is 0 Å². The normalized spacial score (nSPS) is 10.4. The second-order valence-electron chi connectivity index (χ2n) is 4.90. The zero-order valence-electron chi connectivity index (χ0n) is 12.4. The van der Waals surface area contributed by atoms with Crippen LogP contribution in [0.1, 0.15) is 18.2 Å². The molecule has 0 bridgehead atoms. The topological polar surface area (TPSA) is 62.8 Å². The molecule has 0 unspecified atom stereocenters. The highest BCUT2D eigenvalue weighted by molar-refractivity contribution is 5.60. The molecule has 0 aliphatic heterocycles. The van der Waals surface area contributed by atoms with Gasteiger partial charge in [0.1, 0.15) is 12.4 Å². The molecule has 2 N–H and O–H groups in total. The van der Waals surface area contributed by atoms with Crippen LogP contribution in [0, 0.1) is 0 Å². The first-order valence-corrected chi connectivity index (χ1v) is 7.26. The monoisotopic (exact) mass is 294 g/mol. The second-order valence-corrected chi connectivity index (χ2v) is 4.90. The third-order valence-corrected chi connectivity index (χ3v) is 3.33. The summed E-state index contributed by atoms with van der Waals surface area (Å²) in [6, 6.07) is 11.9. The maximum absolute atomic E-state index is 5.90. The molecular weight excluding hydrogens is 276 g/mol. The molecule has 5 heteroatoms. The molecule has 3 aromatic rings. The van der Waals surface area contributed by atoms with E-state index in [-0.39, 0.29) is 0 Å². The van der Waals surface area contributed by atoms with E-state index in [1.54, 1.807) is 12.4 Å². The van der Waals surface area contributed by atoms with Crippen molar-refractivity contribution in [3.8, 4) is 5.75 Å². The van der Waals surface area contributed by atoms with Crippen LogP contribution in [-0.4, -0.2) is 15.2 Å². The number of anilines is 2. The van der Waals surface area contributed by atoms with Crippen molar-refractivity contribution in [2.75, 3.05) is 5.32 Å². The van der Waals surface area contributed by atoms with Crippen LogP contribution in [-0.2, 0) is 13.0 Å². The smallest absolute Gasteiger partial charge is 0.130 e. The largest absolute Gasteiger partial charge is 0.487 e. The first-order valence-electron chi connectivity index (χ1n) is 7.26. The lowest BCUT2D eigenvalue weighted by molar-refractivity contribution is 0.298. The third kappa shape index (κ3) is 3.44. The van der Waals surface area contributed by atoms with Crippen LogP contribution >= 0.6 is 0 Å². The quantitative estimate of drug-likeness (QED) is 0.728. The van der Waals surface area contributed by atoms with Crippen LogP contribution in [0.4, 0.5) is 11.4 Å². The van der Waals surface area contributed by atoms with Gasteiger partial charge in [0.2, 0.25) is 0 Å². The average molecular weight is 294 g/mol. The van der Waals surface area contributed by atoms with Gasteiger partial charge in [-0.2, -0.15) is 5.10 Å². The number of aromatic nitrogens is 3. The number of pyridine rings is 1. The minimum Gasteiger partial charge on any atom is -0.487 e. The lowest BCUT2D eigenvalue weighted by Crippen LogP contribution is -2.00. The minimum atomic E-state index is 0.475. The summed E-state index contributed by atoms with van der Waals surface area (Å²) in [5.74, 6) is 0.894. The Morgan fingerprint density at radius 3 is 2.86 bits per heavy atom. The number of hydrogen-bond acceptors (Lipinski definition) is 4. The number of aryl methyl sites for hydroxylation is 1. The van der Waals surface area contributed by atoms with Gasteiger partial charge < -0.3 is 10.1 Å². The lowest BCUT2D eigenvalue weighted by atomic mass is 10.1. The molecule has 2 aromatic heterocycles. The second kappa shape index (κ2) is 6.76. The highest BCUT2D eigenvalue weighted by atomic mass is 16.5. The molecule has 0 aliphatic carbocycles. The first kappa shape index (κ1) is 14.1. The number of nitrogens with one attached hydrogen (secondary N) is 2. The summed E-state index contributed by atoms with van der Waals surface area (Å²) in [4.78, 5) is 4.27. The Bertz CT molecular complexity index is 711. The molecule has 0 atom stereocenters. The number of rotatable bonds is 6. The SMILES string of the molecule is CCc1cc(Nc2cn[nH]c2)ccc1OCc1ccccn1. The molecule has 2 heterocycles. The van der Waals surface area contributed by atoms with Crippen LogP contribution in [0.3, 0.4) is 0 Å². The number of aromatic amines is 1. The van der Waals surface area contributed by atoms with E-state index in [1.807, 2.05) is 36.5 Å². The van der Waals surface area contributed by atoms with Gasteiger partial charge in [0.15, 0.2) is 0 Å². The molecular formula is C17H18N4O. The van der Waals surface area contributed by atoms with Gasteiger partial charge in [-0.1, -0.05) is 13.0 Å². The van der Waals surface area contributed by atoms with E-state index >= 15 is 0 Å². The summed E-state index contributed by atoms with van der Waals surface area (Å²) in [5, 5.41) is 10.0. The van der Waals surface area contributed by atoms with Crippen molar-refractivity contribution in [1.82, 2.24) is 15.2 Å². The Hall–Kier alpha value is -2.82. The Balaban J connectivity index is 1.71. The molecule has 0 aliphatic rings. The summed E-state index contributed by atoms with van der Waals surface area (Å²) in [7, 11) is 0. The highest BCUT2D eigenvalue weighted by Crippen LogP contribution is 2.26. The van der Waals surface area contributed by atoms with Gasteiger partial charge in [0.05, 0.1) is 17.6 Å². The summed E-state index contributed by atoms with van der Waals surface area (Å²) in [6.45, 7) is 2.59. The zero-order valence-corrected chi connectivity index (χ0v) is 12.4. The maximum atomic E-state index is 5.90. The zero-order chi connectivity index (χ0) is 15.2. The van der Waals surface area contributed by atoms with Gasteiger partial charge in [0, 0.05) is 18.1 Å². The predicted octanol–water partition coefficient (Wildman–Crippen LogP) is 3.69. The van der Waals surface area contributed by atoms with E-state index in [2.05, 4.69) is 33.5 Å². The number of hydrogen-bond donors (Lipinski definition) is 2. The van der Waals surface area contributed by atoms with E-state index in [1.165, 1.54) is 0 Å². The van der Waals surface area contributed by atoms with Crippen molar-refractivity contribution < 1.29 is 4.74 Å². The van der Waals surface area contributed by atoms with E-state index in [0.29, 0.717) is 6.61 Å². The molecule has 0 amide bonds. The molecule has 1 aromatic carbocycles. The van der Waals surface area contributed by atoms with Gasteiger partial charge in [-0.3, -0.25) is 10.1 Å². The molecule has 0 fully saturated rings. The fraction of sp³-hybridized carbons (Fsp3) is 0.176. The van der Waals surface area contributed by atoms with Crippen LogP contribution < -0.4 is 10.1 Å². The standard InChI is InChI=1S/C17H18N4O/c1-2-13-9-14(21-16-10-19-20-11-16)6-7-17(13)22-12-15-5-3-4-8-18-15/h3-11,21H,2,12H2,1H3,(H,19,20). The van der Waals surface area contributed by atoms with Gasteiger partial charge in [-0.05, 0) is 42.3 Å². The molecule has 0 spiro atoms. The number of benzene rings is 1. The van der Waals surface area contributed by atoms with Gasteiger partial charge >= 0.3 is 0 Å². The number of ether oxygens (including phenoxy) is 1. The Morgan fingerprint density at radius 2 is 2.14 bits per heavy atom. The average Bonchev–Trinajstić information content (AvgIpc) is 3.07. The molecule has 0 radical (unpaired) electrons. The van der Waals surface area contributed by atoms with Crippen molar-refractivity contribution in [1.29, 1.82) is 0 Å². The number of nitrogens with zero attached hydrogens (tertiary/aromatic N) is 2. The predicted molar refractivity (Wildman–Crippen MR) is 86.3 cm³/mol. The Kier molecular flexibility index (Phi) is 4.34. The highest BCUT2D eigenvalue weighted by Gasteiger charge is 2.05. The molecule has 0 saturated heterocycles. The van der Waals surface area contributed by atoms with Crippen molar-refractivity contribution in [3.63, 3.8) is 0 Å². The van der Waals surface area contributed by atoms with E-state index in [9.17, 15) is 0 Å². The maximum Gasteiger partial charge on any atom is 0.130 e. The van der Waals surface area contributed by atoms with Gasteiger partial charge in [-0.25, -0.2) is 0 Å². The summed E-state index contributed by atoms with van der Waals surface area (Å²) in [5.41, 5.74) is 4.03. The molecule has 3 rings (SSSR count). The van der Waals surface area contributed by atoms with Crippen molar-refractivity contribution >= 4 is 11.4 Å². The van der Waals surface area contributed by atoms with Gasteiger partial charge in [0.25, 0.3) is 0 Å². The molecule has 112 valence electrons.